The number of pyridine rings is 1. The topological polar surface area (TPSA) is 54.4 Å². The molecule has 0 saturated heterocycles. The van der Waals surface area contributed by atoms with E-state index in [1.54, 1.807) is 6.20 Å². The third-order valence-electron chi connectivity index (χ3n) is 2.65. The van der Waals surface area contributed by atoms with Crippen LogP contribution in [0.1, 0.15) is 12.5 Å². The number of nitrogens with zero attached hydrogens (tertiary/aromatic N) is 1. The fraction of sp³-hybridized carbons (Fsp3) is 0.267. The molecule has 0 atom stereocenters. The zero-order chi connectivity index (χ0) is 13.5. The van der Waals surface area contributed by atoms with Crippen molar-refractivity contribution in [3.8, 4) is 11.5 Å². The summed E-state index contributed by atoms with van der Waals surface area (Å²) in [4.78, 5) is 4.19. The number of aliphatic hydroxyl groups is 1. The Morgan fingerprint density at radius 3 is 2.63 bits per heavy atom. The molecule has 19 heavy (non-hydrogen) atoms. The van der Waals surface area contributed by atoms with Crippen LogP contribution in [0.5, 0.6) is 11.5 Å². The molecule has 2 rings (SSSR count). The van der Waals surface area contributed by atoms with E-state index in [0.717, 1.165) is 29.4 Å². The van der Waals surface area contributed by atoms with Gasteiger partial charge in [0, 0.05) is 25.4 Å². The van der Waals surface area contributed by atoms with Crippen LogP contribution in [-0.4, -0.2) is 23.2 Å². The first-order valence-corrected chi connectivity index (χ1v) is 6.39. The number of anilines is 1. The van der Waals surface area contributed by atoms with Gasteiger partial charge in [-0.1, -0.05) is 12.1 Å². The van der Waals surface area contributed by atoms with Gasteiger partial charge in [0.05, 0.1) is 0 Å². The van der Waals surface area contributed by atoms with Crippen LogP contribution in [0, 0.1) is 0 Å². The zero-order valence-electron chi connectivity index (χ0n) is 11.0. The molecule has 0 aliphatic rings. The Kier molecular flexibility index (Phi) is 4.75. The summed E-state index contributed by atoms with van der Waals surface area (Å²) in [6.07, 6.45) is 2.38. The largest absolute Gasteiger partial charge is 0.457 e. The zero-order valence-corrected chi connectivity index (χ0v) is 11.0. The van der Waals surface area contributed by atoms with Gasteiger partial charge in [0.1, 0.15) is 17.3 Å². The third-order valence-corrected chi connectivity index (χ3v) is 2.65. The van der Waals surface area contributed by atoms with Crippen molar-refractivity contribution < 1.29 is 9.84 Å². The Morgan fingerprint density at radius 2 is 1.95 bits per heavy atom. The molecule has 0 radical (unpaired) electrons. The first kappa shape index (κ1) is 13.4. The van der Waals surface area contributed by atoms with Crippen molar-refractivity contribution in [3.05, 3.63) is 48.2 Å². The van der Waals surface area contributed by atoms with Crippen LogP contribution in [-0.2, 0) is 6.42 Å². The maximum Gasteiger partial charge on any atom is 0.132 e. The van der Waals surface area contributed by atoms with Gasteiger partial charge in [0.2, 0.25) is 0 Å². The molecule has 1 aromatic carbocycles. The van der Waals surface area contributed by atoms with Crippen molar-refractivity contribution in [2.45, 2.75) is 13.3 Å². The molecule has 4 heteroatoms. The molecule has 4 nitrogen and oxygen atoms in total. The number of aromatic nitrogens is 1. The van der Waals surface area contributed by atoms with Crippen LogP contribution in [0.3, 0.4) is 0 Å². The van der Waals surface area contributed by atoms with Crippen LogP contribution in [0.15, 0.2) is 42.6 Å². The summed E-state index contributed by atoms with van der Waals surface area (Å²) < 4.78 is 5.76. The van der Waals surface area contributed by atoms with Crippen molar-refractivity contribution in [2.75, 3.05) is 18.5 Å². The van der Waals surface area contributed by atoms with E-state index in [9.17, 15) is 0 Å². The molecule has 0 bridgehead atoms. The molecule has 0 saturated carbocycles. The molecule has 1 heterocycles. The smallest absolute Gasteiger partial charge is 0.132 e. The average Bonchev–Trinajstić information content (AvgIpc) is 2.42. The number of rotatable bonds is 6. The van der Waals surface area contributed by atoms with Crippen molar-refractivity contribution in [2.24, 2.45) is 0 Å². The van der Waals surface area contributed by atoms with E-state index in [-0.39, 0.29) is 6.61 Å². The monoisotopic (exact) mass is 258 g/mol. The average molecular weight is 258 g/mol. The van der Waals surface area contributed by atoms with Gasteiger partial charge in [0.15, 0.2) is 0 Å². The number of hydrogen-bond donors (Lipinski definition) is 2. The van der Waals surface area contributed by atoms with Gasteiger partial charge in [0.25, 0.3) is 0 Å². The van der Waals surface area contributed by atoms with Crippen molar-refractivity contribution in [1.29, 1.82) is 0 Å². The summed E-state index contributed by atoms with van der Waals surface area (Å²) in [5.41, 5.74) is 1.10. The van der Waals surface area contributed by atoms with Gasteiger partial charge in [-0.15, -0.1) is 0 Å². The second-order valence-corrected chi connectivity index (χ2v) is 4.13. The van der Waals surface area contributed by atoms with Crippen LogP contribution < -0.4 is 10.1 Å². The highest BCUT2D eigenvalue weighted by Gasteiger charge is 2.00. The molecule has 0 amide bonds. The predicted molar refractivity (Wildman–Crippen MR) is 75.7 cm³/mol. The summed E-state index contributed by atoms with van der Waals surface area (Å²) in [6.45, 7) is 3.01. The molecule has 100 valence electrons. The molecular weight excluding hydrogens is 240 g/mol. The van der Waals surface area contributed by atoms with Gasteiger partial charge in [-0.25, -0.2) is 4.98 Å². The van der Waals surface area contributed by atoms with Gasteiger partial charge >= 0.3 is 0 Å². The lowest BCUT2D eigenvalue weighted by molar-refractivity contribution is 0.299. The van der Waals surface area contributed by atoms with Crippen LogP contribution in [0.4, 0.5) is 5.82 Å². The van der Waals surface area contributed by atoms with Crippen LogP contribution in [0.25, 0.3) is 0 Å². The molecule has 0 aliphatic carbocycles. The first-order valence-electron chi connectivity index (χ1n) is 6.39. The second kappa shape index (κ2) is 6.75. The van der Waals surface area contributed by atoms with Gasteiger partial charge in [-0.2, -0.15) is 0 Å². The maximum absolute atomic E-state index is 8.86. The lowest BCUT2D eigenvalue weighted by Gasteiger charge is -2.08. The van der Waals surface area contributed by atoms with Gasteiger partial charge < -0.3 is 15.2 Å². The van der Waals surface area contributed by atoms with E-state index in [4.69, 9.17) is 9.84 Å². The number of aliphatic hydroxyl groups excluding tert-OH is 1. The second-order valence-electron chi connectivity index (χ2n) is 4.13. The predicted octanol–water partition coefficient (Wildman–Crippen LogP) is 2.84. The van der Waals surface area contributed by atoms with Crippen molar-refractivity contribution in [3.63, 3.8) is 0 Å². The molecular formula is C15H18N2O2. The Labute approximate surface area is 113 Å². The Bertz CT molecular complexity index is 512. The van der Waals surface area contributed by atoms with Crippen molar-refractivity contribution in [1.82, 2.24) is 4.98 Å². The molecule has 0 spiro atoms. The summed E-state index contributed by atoms with van der Waals surface area (Å²) in [7, 11) is 0. The van der Waals surface area contributed by atoms with E-state index in [1.165, 1.54) is 0 Å². The highest BCUT2D eigenvalue weighted by molar-refractivity contribution is 5.42. The molecule has 0 unspecified atom stereocenters. The summed E-state index contributed by atoms with van der Waals surface area (Å²) >= 11 is 0. The Hall–Kier alpha value is -2.07. The Morgan fingerprint density at radius 1 is 1.16 bits per heavy atom. The first-order chi connectivity index (χ1) is 9.31. The fourth-order valence-electron chi connectivity index (χ4n) is 1.74. The van der Waals surface area contributed by atoms with E-state index >= 15 is 0 Å². The quantitative estimate of drug-likeness (QED) is 0.836. The lowest BCUT2D eigenvalue weighted by Crippen LogP contribution is -1.98. The van der Waals surface area contributed by atoms with Crippen molar-refractivity contribution >= 4 is 5.82 Å². The standard InChI is InChI=1S/C15H18N2O2/c1-2-16-15-11-14(7-9-17-15)19-13-5-3-12(4-6-13)8-10-18/h3-7,9,11,18H,2,8,10H2,1H3,(H,16,17). The summed E-state index contributed by atoms with van der Waals surface area (Å²) in [6, 6.07) is 11.4. The summed E-state index contributed by atoms with van der Waals surface area (Å²) in [5.74, 6) is 2.33. The SMILES string of the molecule is CCNc1cc(Oc2ccc(CCO)cc2)ccn1. The molecule has 0 aliphatic heterocycles. The number of hydrogen-bond acceptors (Lipinski definition) is 4. The lowest BCUT2D eigenvalue weighted by atomic mass is 10.1. The summed E-state index contributed by atoms with van der Waals surface area (Å²) in [5, 5.41) is 12.0. The van der Waals surface area contributed by atoms with E-state index in [2.05, 4.69) is 10.3 Å². The maximum atomic E-state index is 8.86. The van der Waals surface area contributed by atoms with E-state index < -0.39 is 0 Å². The molecule has 2 aromatic rings. The number of benzene rings is 1. The minimum atomic E-state index is 0.163. The number of nitrogens with one attached hydrogen (secondary N) is 1. The number of ether oxygens (including phenoxy) is 1. The minimum absolute atomic E-state index is 0.163. The minimum Gasteiger partial charge on any atom is -0.457 e. The molecule has 2 N–H and O–H groups in total. The normalized spacial score (nSPS) is 10.2. The Balaban J connectivity index is 2.05. The highest BCUT2D eigenvalue weighted by Crippen LogP contribution is 2.23. The van der Waals surface area contributed by atoms with Crippen LogP contribution >= 0.6 is 0 Å². The van der Waals surface area contributed by atoms with Gasteiger partial charge in [-0.3, -0.25) is 0 Å². The third kappa shape index (κ3) is 3.96. The molecule has 1 aromatic heterocycles. The fourth-order valence-corrected chi connectivity index (χ4v) is 1.74. The van der Waals surface area contributed by atoms with Gasteiger partial charge in [-0.05, 0) is 37.1 Å². The van der Waals surface area contributed by atoms with Crippen LogP contribution in [0.2, 0.25) is 0 Å². The van der Waals surface area contributed by atoms with E-state index in [0.29, 0.717) is 6.42 Å². The highest BCUT2D eigenvalue weighted by atomic mass is 16.5. The van der Waals surface area contributed by atoms with E-state index in [1.807, 2.05) is 43.3 Å². The molecule has 0 fully saturated rings.